The SMILES string of the molecule is CC(C)c1ncc(-c2csc(-c3ccc(C(=O)O)cc3)c2)nc1C(C)C. The third-order valence-corrected chi connectivity index (χ3v) is 5.21. The molecule has 1 N–H and O–H groups in total. The number of benzene rings is 1. The standard InChI is InChI=1S/C21H22N2O2S/c1-12(2)19-20(13(3)4)23-17(10-22-19)16-9-18(26-11-16)14-5-7-15(8-6-14)21(24)25/h5-13H,1-4H3,(H,24,25). The average Bonchev–Trinajstić information content (AvgIpc) is 3.11. The second-order valence-corrected chi connectivity index (χ2v) is 7.83. The van der Waals surface area contributed by atoms with Gasteiger partial charge in [-0.15, -0.1) is 11.3 Å². The van der Waals surface area contributed by atoms with Crippen molar-refractivity contribution in [2.24, 2.45) is 0 Å². The molecule has 0 bridgehead atoms. The number of aromatic nitrogens is 2. The summed E-state index contributed by atoms with van der Waals surface area (Å²) in [6, 6.07) is 9.03. The lowest BCUT2D eigenvalue weighted by Crippen LogP contribution is -2.05. The van der Waals surface area contributed by atoms with E-state index in [0.29, 0.717) is 17.4 Å². The van der Waals surface area contributed by atoms with Crippen LogP contribution >= 0.6 is 11.3 Å². The van der Waals surface area contributed by atoms with Crippen LogP contribution in [0.3, 0.4) is 0 Å². The third kappa shape index (κ3) is 3.68. The van der Waals surface area contributed by atoms with Crippen LogP contribution in [0.25, 0.3) is 21.7 Å². The first-order valence-electron chi connectivity index (χ1n) is 8.66. The van der Waals surface area contributed by atoms with Gasteiger partial charge >= 0.3 is 5.97 Å². The van der Waals surface area contributed by atoms with Crippen LogP contribution in [-0.2, 0) is 0 Å². The normalized spacial score (nSPS) is 11.3. The van der Waals surface area contributed by atoms with Crippen LogP contribution in [0.4, 0.5) is 0 Å². The van der Waals surface area contributed by atoms with Gasteiger partial charge in [0.15, 0.2) is 0 Å². The van der Waals surface area contributed by atoms with Crippen molar-refractivity contribution in [3.8, 4) is 21.7 Å². The number of hydrogen-bond acceptors (Lipinski definition) is 4. The lowest BCUT2D eigenvalue weighted by molar-refractivity contribution is 0.0697. The highest BCUT2D eigenvalue weighted by atomic mass is 32.1. The van der Waals surface area contributed by atoms with Crippen molar-refractivity contribution in [3.63, 3.8) is 0 Å². The van der Waals surface area contributed by atoms with Crippen molar-refractivity contribution in [3.05, 3.63) is 58.9 Å². The molecule has 0 aliphatic heterocycles. The number of aromatic carboxylic acids is 1. The maximum absolute atomic E-state index is 11.0. The van der Waals surface area contributed by atoms with Crippen molar-refractivity contribution < 1.29 is 9.90 Å². The van der Waals surface area contributed by atoms with Crippen LogP contribution in [-0.4, -0.2) is 21.0 Å². The van der Waals surface area contributed by atoms with Gasteiger partial charge in [-0.2, -0.15) is 0 Å². The predicted molar refractivity (Wildman–Crippen MR) is 106 cm³/mol. The molecule has 3 rings (SSSR count). The van der Waals surface area contributed by atoms with E-state index in [-0.39, 0.29) is 0 Å². The lowest BCUT2D eigenvalue weighted by Gasteiger charge is -2.14. The molecule has 134 valence electrons. The summed E-state index contributed by atoms with van der Waals surface area (Å²) < 4.78 is 0. The van der Waals surface area contributed by atoms with E-state index in [0.717, 1.165) is 33.1 Å². The van der Waals surface area contributed by atoms with Gasteiger partial charge in [0.2, 0.25) is 0 Å². The molecule has 2 heterocycles. The minimum Gasteiger partial charge on any atom is -0.478 e. The monoisotopic (exact) mass is 366 g/mol. The van der Waals surface area contributed by atoms with E-state index in [1.54, 1.807) is 23.5 Å². The summed E-state index contributed by atoms with van der Waals surface area (Å²) in [5, 5.41) is 11.1. The molecule has 0 saturated carbocycles. The van der Waals surface area contributed by atoms with E-state index in [9.17, 15) is 4.79 Å². The Morgan fingerprint density at radius 1 is 1.00 bits per heavy atom. The van der Waals surface area contributed by atoms with E-state index in [4.69, 9.17) is 10.1 Å². The quantitative estimate of drug-likeness (QED) is 0.618. The zero-order chi connectivity index (χ0) is 18.8. The molecule has 0 radical (unpaired) electrons. The molecule has 0 fully saturated rings. The summed E-state index contributed by atoms with van der Waals surface area (Å²) in [6.45, 7) is 8.56. The zero-order valence-corrected chi connectivity index (χ0v) is 16.2. The van der Waals surface area contributed by atoms with Gasteiger partial charge in [-0.25, -0.2) is 9.78 Å². The summed E-state index contributed by atoms with van der Waals surface area (Å²) in [5.41, 5.74) is 5.32. The number of carboxylic acid groups (broad SMARTS) is 1. The molecule has 0 aliphatic carbocycles. The maximum Gasteiger partial charge on any atom is 0.335 e. The number of carbonyl (C=O) groups is 1. The van der Waals surface area contributed by atoms with Gasteiger partial charge < -0.3 is 5.11 Å². The maximum atomic E-state index is 11.0. The summed E-state index contributed by atoms with van der Waals surface area (Å²) in [4.78, 5) is 21.6. The van der Waals surface area contributed by atoms with E-state index >= 15 is 0 Å². The smallest absolute Gasteiger partial charge is 0.335 e. The fourth-order valence-electron chi connectivity index (χ4n) is 2.82. The molecule has 0 aliphatic rings. The van der Waals surface area contributed by atoms with Crippen LogP contribution in [0.2, 0.25) is 0 Å². The Labute approximate surface area is 157 Å². The molecule has 0 amide bonds. The number of nitrogens with zero attached hydrogens (tertiary/aromatic N) is 2. The fourth-order valence-corrected chi connectivity index (χ4v) is 3.73. The van der Waals surface area contributed by atoms with Crippen molar-refractivity contribution in [2.75, 3.05) is 0 Å². The molecule has 0 atom stereocenters. The van der Waals surface area contributed by atoms with Gasteiger partial charge in [0.1, 0.15) is 0 Å². The van der Waals surface area contributed by atoms with Gasteiger partial charge in [0, 0.05) is 15.8 Å². The van der Waals surface area contributed by atoms with Crippen molar-refractivity contribution in [1.82, 2.24) is 9.97 Å². The minimum atomic E-state index is -0.912. The zero-order valence-electron chi connectivity index (χ0n) is 15.4. The van der Waals surface area contributed by atoms with Crippen LogP contribution in [0, 0.1) is 0 Å². The van der Waals surface area contributed by atoms with Gasteiger partial charge in [-0.3, -0.25) is 4.98 Å². The van der Waals surface area contributed by atoms with Crippen molar-refractivity contribution in [2.45, 2.75) is 39.5 Å². The van der Waals surface area contributed by atoms with Gasteiger partial charge in [0.05, 0.1) is 28.8 Å². The molecule has 4 nitrogen and oxygen atoms in total. The Balaban J connectivity index is 1.94. The number of rotatable bonds is 5. The average molecular weight is 366 g/mol. The van der Waals surface area contributed by atoms with Gasteiger partial charge in [-0.05, 0) is 35.6 Å². The third-order valence-electron chi connectivity index (χ3n) is 4.23. The van der Waals surface area contributed by atoms with Crippen molar-refractivity contribution >= 4 is 17.3 Å². The van der Waals surface area contributed by atoms with E-state index < -0.39 is 5.97 Å². The van der Waals surface area contributed by atoms with Crippen LogP contribution in [0.15, 0.2) is 41.9 Å². The number of thiophene rings is 1. The topological polar surface area (TPSA) is 63.1 Å². The molecule has 2 aromatic heterocycles. The summed E-state index contributed by atoms with van der Waals surface area (Å²) >= 11 is 1.62. The molecule has 0 spiro atoms. The van der Waals surface area contributed by atoms with Crippen LogP contribution in [0.5, 0.6) is 0 Å². The first kappa shape index (κ1) is 18.3. The first-order valence-corrected chi connectivity index (χ1v) is 9.54. The Morgan fingerprint density at radius 2 is 1.65 bits per heavy atom. The molecule has 5 heteroatoms. The van der Waals surface area contributed by atoms with E-state index in [2.05, 4.69) is 44.1 Å². The highest BCUT2D eigenvalue weighted by Gasteiger charge is 2.15. The lowest BCUT2D eigenvalue weighted by atomic mass is 10.00. The van der Waals surface area contributed by atoms with Crippen LogP contribution < -0.4 is 0 Å². The largest absolute Gasteiger partial charge is 0.478 e. The number of carboxylic acids is 1. The Bertz CT molecular complexity index is 927. The first-order chi connectivity index (χ1) is 12.4. The minimum absolute atomic E-state index is 0.294. The Kier molecular flexibility index (Phi) is 5.18. The van der Waals surface area contributed by atoms with E-state index in [1.165, 1.54) is 0 Å². The number of hydrogen-bond donors (Lipinski definition) is 1. The summed E-state index contributed by atoms with van der Waals surface area (Å²) in [6.07, 6.45) is 1.85. The van der Waals surface area contributed by atoms with Crippen molar-refractivity contribution in [1.29, 1.82) is 0 Å². The van der Waals surface area contributed by atoms with Gasteiger partial charge in [0.25, 0.3) is 0 Å². The molecule has 1 aromatic carbocycles. The Morgan fingerprint density at radius 3 is 2.23 bits per heavy atom. The summed E-state index contributed by atoms with van der Waals surface area (Å²) in [7, 11) is 0. The van der Waals surface area contributed by atoms with Gasteiger partial charge in [-0.1, -0.05) is 39.8 Å². The van der Waals surface area contributed by atoms with Crippen LogP contribution in [0.1, 0.15) is 61.3 Å². The molecular formula is C21H22N2O2S. The molecule has 3 aromatic rings. The molecule has 0 saturated heterocycles. The predicted octanol–water partition coefficient (Wildman–Crippen LogP) is 5.82. The molecule has 26 heavy (non-hydrogen) atoms. The van der Waals surface area contributed by atoms with E-state index in [1.807, 2.05) is 18.3 Å². The highest BCUT2D eigenvalue weighted by molar-refractivity contribution is 7.14. The highest BCUT2D eigenvalue weighted by Crippen LogP contribution is 2.33. The fraction of sp³-hybridized carbons (Fsp3) is 0.286. The second-order valence-electron chi connectivity index (χ2n) is 6.92. The Hall–Kier alpha value is -2.53. The second kappa shape index (κ2) is 7.38. The molecule has 0 unspecified atom stereocenters. The summed E-state index contributed by atoms with van der Waals surface area (Å²) in [5.74, 6) is -0.244. The molecular weight excluding hydrogens is 344 g/mol.